The topological polar surface area (TPSA) is 67.6 Å². The van der Waals surface area contributed by atoms with E-state index in [2.05, 4.69) is 10.2 Å². The Morgan fingerprint density at radius 1 is 1.04 bits per heavy atom. The van der Waals surface area contributed by atoms with Crippen LogP contribution in [-0.2, 0) is 0 Å². The third kappa shape index (κ3) is 4.65. The number of hydrogen-bond acceptors (Lipinski definition) is 4. The van der Waals surface area contributed by atoms with E-state index < -0.39 is 0 Å². The van der Waals surface area contributed by atoms with Gasteiger partial charge in [0.2, 0.25) is 0 Å². The molecular formula is C23H29N3O2. The molecule has 0 spiro atoms. The Morgan fingerprint density at radius 3 is 2.46 bits per heavy atom. The van der Waals surface area contributed by atoms with E-state index in [0.717, 1.165) is 24.8 Å². The minimum Gasteiger partial charge on any atom is -0.488 e. The van der Waals surface area contributed by atoms with Crippen molar-refractivity contribution < 1.29 is 9.53 Å². The van der Waals surface area contributed by atoms with Gasteiger partial charge in [-0.3, -0.25) is 9.69 Å². The Hall–Kier alpha value is -2.53. The van der Waals surface area contributed by atoms with Crippen molar-refractivity contribution in [1.82, 2.24) is 4.90 Å². The number of likely N-dealkylation sites (tertiary alicyclic amines) is 1. The number of nitrogens with two attached hydrogens (primary N) is 1. The van der Waals surface area contributed by atoms with Gasteiger partial charge in [-0.15, -0.1) is 0 Å². The number of benzene rings is 2. The molecule has 0 bridgehead atoms. The fraction of sp³-hybridized carbons (Fsp3) is 0.435. The summed E-state index contributed by atoms with van der Waals surface area (Å²) in [4.78, 5) is 14.9. The van der Waals surface area contributed by atoms with Gasteiger partial charge >= 0.3 is 0 Å². The number of carbonyl (C=O) groups is 1. The number of nitrogen functional groups attached to an aromatic ring is 1. The molecule has 1 amide bonds. The lowest BCUT2D eigenvalue weighted by Gasteiger charge is -2.41. The summed E-state index contributed by atoms with van der Waals surface area (Å²) in [6.45, 7) is 3.24. The number of nitrogens with zero attached hydrogens (tertiary/aromatic N) is 1. The molecule has 1 saturated heterocycles. The molecule has 4 rings (SSSR count). The van der Waals surface area contributed by atoms with Crippen LogP contribution in [0.1, 0.15) is 42.5 Å². The average Bonchev–Trinajstić information content (AvgIpc) is 2.69. The van der Waals surface area contributed by atoms with Crippen molar-refractivity contribution in [3.63, 3.8) is 0 Å². The first kappa shape index (κ1) is 18.8. The van der Waals surface area contributed by atoms with E-state index in [1.165, 1.54) is 38.6 Å². The van der Waals surface area contributed by atoms with Gasteiger partial charge in [-0.2, -0.15) is 0 Å². The van der Waals surface area contributed by atoms with E-state index in [0.29, 0.717) is 16.9 Å². The summed E-state index contributed by atoms with van der Waals surface area (Å²) in [7, 11) is 0. The molecule has 0 aromatic heterocycles. The Kier molecular flexibility index (Phi) is 5.81. The number of amides is 1. The molecule has 148 valence electrons. The quantitative estimate of drug-likeness (QED) is 0.740. The van der Waals surface area contributed by atoms with Gasteiger partial charge in [0, 0.05) is 25.2 Å². The first-order valence-corrected chi connectivity index (χ1v) is 10.3. The monoisotopic (exact) mass is 379 g/mol. The molecule has 1 heterocycles. The molecule has 0 radical (unpaired) electrons. The second-order valence-corrected chi connectivity index (χ2v) is 8.03. The highest BCUT2D eigenvalue weighted by Gasteiger charge is 2.30. The summed E-state index contributed by atoms with van der Waals surface area (Å²) >= 11 is 0. The summed E-state index contributed by atoms with van der Waals surface area (Å²) in [6, 6.07) is 14.6. The van der Waals surface area contributed by atoms with Crippen molar-refractivity contribution in [2.45, 2.75) is 38.2 Å². The smallest absolute Gasteiger partial charge is 0.255 e. The number of carbonyl (C=O) groups excluding carboxylic acids is 1. The summed E-state index contributed by atoms with van der Waals surface area (Å²) < 4.78 is 6.05. The minimum absolute atomic E-state index is 0.174. The second-order valence-electron chi connectivity index (χ2n) is 8.03. The van der Waals surface area contributed by atoms with E-state index in [1.54, 1.807) is 24.3 Å². The van der Waals surface area contributed by atoms with Gasteiger partial charge in [0.1, 0.15) is 11.9 Å². The number of ether oxygens (including phenoxy) is 1. The van der Waals surface area contributed by atoms with Crippen LogP contribution in [0.5, 0.6) is 5.75 Å². The molecule has 28 heavy (non-hydrogen) atoms. The van der Waals surface area contributed by atoms with Crippen LogP contribution in [0, 0.1) is 5.92 Å². The lowest BCUT2D eigenvalue weighted by molar-refractivity contribution is 0.00668. The third-order valence-corrected chi connectivity index (χ3v) is 5.79. The van der Waals surface area contributed by atoms with Gasteiger partial charge in [-0.25, -0.2) is 0 Å². The number of anilines is 2. The van der Waals surface area contributed by atoms with Gasteiger partial charge in [0.25, 0.3) is 5.91 Å². The number of hydrogen-bond donors (Lipinski definition) is 2. The van der Waals surface area contributed by atoms with Crippen molar-refractivity contribution in [2.75, 3.05) is 30.7 Å². The van der Waals surface area contributed by atoms with Crippen molar-refractivity contribution in [2.24, 2.45) is 5.92 Å². The van der Waals surface area contributed by atoms with E-state index >= 15 is 0 Å². The molecule has 2 aromatic rings. The zero-order chi connectivity index (χ0) is 19.3. The third-order valence-electron chi connectivity index (χ3n) is 5.79. The van der Waals surface area contributed by atoms with Crippen LogP contribution in [0.4, 0.5) is 11.4 Å². The van der Waals surface area contributed by atoms with Crippen LogP contribution in [0.25, 0.3) is 0 Å². The molecule has 0 unspecified atom stereocenters. The van der Waals surface area contributed by atoms with Crippen LogP contribution in [-0.4, -0.2) is 36.5 Å². The molecule has 2 fully saturated rings. The van der Waals surface area contributed by atoms with Gasteiger partial charge in [-0.1, -0.05) is 31.4 Å². The second kappa shape index (κ2) is 8.65. The fourth-order valence-corrected chi connectivity index (χ4v) is 4.16. The molecule has 2 aromatic carbocycles. The predicted octanol–water partition coefficient (Wildman–Crippen LogP) is 4.16. The molecule has 5 heteroatoms. The SMILES string of the molecule is Nc1ccccc1NC(=O)c1ccc(OC2CN(CC3CCCCC3)C2)cc1. The summed E-state index contributed by atoms with van der Waals surface area (Å²) in [5.41, 5.74) is 7.64. The van der Waals surface area contributed by atoms with Gasteiger partial charge in [-0.05, 0) is 55.2 Å². The van der Waals surface area contributed by atoms with E-state index in [1.807, 2.05) is 24.3 Å². The van der Waals surface area contributed by atoms with E-state index in [9.17, 15) is 4.79 Å². The van der Waals surface area contributed by atoms with Crippen molar-refractivity contribution in [3.8, 4) is 5.75 Å². The van der Waals surface area contributed by atoms with Gasteiger partial charge in [0.15, 0.2) is 0 Å². The summed E-state index contributed by atoms with van der Waals surface area (Å²) in [5.74, 6) is 1.52. The highest BCUT2D eigenvalue weighted by molar-refractivity contribution is 6.05. The Labute approximate surface area is 166 Å². The zero-order valence-electron chi connectivity index (χ0n) is 16.3. The molecule has 1 aliphatic carbocycles. The molecule has 5 nitrogen and oxygen atoms in total. The maximum absolute atomic E-state index is 12.4. The zero-order valence-corrected chi connectivity index (χ0v) is 16.3. The van der Waals surface area contributed by atoms with Gasteiger partial charge < -0.3 is 15.8 Å². The summed E-state index contributed by atoms with van der Waals surface area (Å²) in [5, 5.41) is 2.84. The molecule has 1 aliphatic heterocycles. The summed E-state index contributed by atoms with van der Waals surface area (Å²) in [6.07, 6.45) is 7.24. The average molecular weight is 380 g/mol. The number of rotatable bonds is 6. The van der Waals surface area contributed by atoms with Crippen LogP contribution in [0.15, 0.2) is 48.5 Å². The standard InChI is InChI=1S/C23H29N3O2/c24-21-8-4-5-9-22(21)25-23(27)18-10-12-19(13-11-18)28-20-15-26(16-20)14-17-6-2-1-3-7-17/h4-5,8-13,17,20H,1-3,6-7,14-16,24H2,(H,25,27). The number of nitrogens with one attached hydrogen (secondary N) is 1. The highest BCUT2D eigenvalue weighted by atomic mass is 16.5. The van der Waals surface area contributed by atoms with Crippen molar-refractivity contribution >= 4 is 17.3 Å². The van der Waals surface area contributed by atoms with Crippen LogP contribution < -0.4 is 15.8 Å². The molecule has 0 atom stereocenters. The lowest BCUT2D eigenvalue weighted by atomic mass is 9.88. The first-order valence-electron chi connectivity index (χ1n) is 10.3. The molecular weight excluding hydrogens is 350 g/mol. The predicted molar refractivity (Wildman–Crippen MR) is 113 cm³/mol. The van der Waals surface area contributed by atoms with E-state index in [4.69, 9.17) is 10.5 Å². The van der Waals surface area contributed by atoms with Crippen molar-refractivity contribution in [1.29, 1.82) is 0 Å². The van der Waals surface area contributed by atoms with Crippen LogP contribution in [0.2, 0.25) is 0 Å². The normalized spacial score (nSPS) is 18.4. The Morgan fingerprint density at radius 2 is 1.75 bits per heavy atom. The minimum atomic E-state index is -0.174. The van der Waals surface area contributed by atoms with Crippen LogP contribution in [0.3, 0.4) is 0 Å². The molecule has 1 saturated carbocycles. The maximum Gasteiger partial charge on any atom is 0.255 e. The van der Waals surface area contributed by atoms with Crippen LogP contribution >= 0.6 is 0 Å². The number of para-hydroxylation sites is 2. The first-order chi connectivity index (χ1) is 13.7. The van der Waals surface area contributed by atoms with Gasteiger partial charge in [0.05, 0.1) is 11.4 Å². The molecule has 3 N–H and O–H groups in total. The highest BCUT2D eigenvalue weighted by Crippen LogP contribution is 2.27. The lowest BCUT2D eigenvalue weighted by Crippen LogP contribution is -2.55. The fourth-order valence-electron chi connectivity index (χ4n) is 4.16. The largest absolute Gasteiger partial charge is 0.488 e. The van der Waals surface area contributed by atoms with Crippen molar-refractivity contribution in [3.05, 3.63) is 54.1 Å². The Bertz CT molecular complexity index is 794. The Balaban J connectivity index is 1.24. The maximum atomic E-state index is 12.4. The van der Waals surface area contributed by atoms with E-state index in [-0.39, 0.29) is 12.0 Å². The molecule has 2 aliphatic rings.